The molecule has 0 amide bonds. The van der Waals surface area contributed by atoms with Gasteiger partial charge < -0.3 is 26.2 Å². The van der Waals surface area contributed by atoms with E-state index in [9.17, 15) is 5.11 Å². The first kappa shape index (κ1) is 12.8. The van der Waals surface area contributed by atoms with Crippen LogP contribution in [0.5, 0.6) is 0 Å². The monoisotopic (exact) mass is 254 g/mol. The van der Waals surface area contributed by atoms with Crippen molar-refractivity contribution in [2.75, 3.05) is 42.2 Å². The number of nitrogen functional groups attached to an aromatic ring is 1. The van der Waals surface area contributed by atoms with Crippen molar-refractivity contribution >= 4 is 17.8 Å². The number of hydrogen-bond donors (Lipinski definition) is 4. The topological polar surface area (TPSA) is 120 Å². The van der Waals surface area contributed by atoms with Gasteiger partial charge in [-0.2, -0.15) is 15.0 Å². The van der Waals surface area contributed by atoms with E-state index in [1.807, 2.05) is 4.90 Å². The van der Waals surface area contributed by atoms with Crippen molar-refractivity contribution in [3.8, 4) is 0 Å². The molecule has 0 aromatic carbocycles. The van der Waals surface area contributed by atoms with Crippen molar-refractivity contribution in [2.45, 2.75) is 18.9 Å². The standard InChI is InChI=1S/C10H18N6O2/c11-8-13-9(12-5-7(18)6-17)15-10(14-8)16-3-1-2-4-16/h7,17-18H,1-6H2,(H3,11,12,13,14,15). The van der Waals surface area contributed by atoms with Gasteiger partial charge in [-0.25, -0.2) is 0 Å². The van der Waals surface area contributed by atoms with E-state index in [2.05, 4.69) is 20.3 Å². The Morgan fingerprint density at radius 1 is 1.28 bits per heavy atom. The Labute approximate surface area is 105 Å². The van der Waals surface area contributed by atoms with Crippen molar-refractivity contribution in [1.29, 1.82) is 0 Å². The summed E-state index contributed by atoms with van der Waals surface area (Å²) >= 11 is 0. The first-order chi connectivity index (χ1) is 8.69. The summed E-state index contributed by atoms with van der Waals surface area (Å²) < 4.78 is 0. The van der Waals surface area contributed by atoms with Crippen LogP contribution in [0, 0.1) is 0 Å². The molecule has 1 fully saturated rings. The van der Waals surface area contributed by atoms with Crippen molar-refractivity contribution in [3.05, 3.63) is 0 Å². The third kappa shape index (κ3) is 3.17. The molecule has 2 heterocycles. The van der Waals surface area contributed by atoms with Gasteiger partial charge in [0, 0.05) is 19.6 Å². The number of anilines is 3. The van der Waals surface area contributed by atoms with Crippen molar-refractivity contribution in [1.82, 2.24) is 15.0 Å². The fourth-order valence-electron chi connectivity index (χ4n) is 1.79. The summed E-state index contributed by atoms with van der Waals surface area (Å²) in [4.78, 5) is 14.3. The Morgan fingerprint density at radius 3 is 2.67 bits per heavy atom. The molecule has 100 valence electrons. The molecular formula is C10H18N6O2. The van der Waals surface area contributed by atoms with Crippen LogP contribution in [-0.4, -0.2) is 57.5 Å². The van der Waals surface area contributed by atoms with Crippen LogP contribution in [0.3, 0.4) is 0 Å². The molecule has 1 aliphatic heterocycles. The van der Waals surface area contributed by atoms with Crippen molar-refractivity contribution in [2.24, 2.45) is 0 Å². The first-order valence-electron chi connectivity index (χ1n) is 5.98. The quantitative estimate of drug-likeness (QED) is 0.518. The molecule has 1 unspecified atom stereocenters. The molecule has 1 aromatic heterocycles. The predicted molar refractivity (Wildman–Crippen MR) is 67.3 cm³/mol. The van der Waals surface area contributed by atoms with E-state index in [-0.39, 0.29) is 19.1 Å². The van der Waals surface area contributed by atoms with Gasteiger partial charge in [-0.1, -0.05) is 0 Å². The number of nitrogens with two attached hydrogens (primary N) is 1. The van der Waals surface area contributed by atoms with Crippen molar-refractivity contribution < 1.29 is 10.2 Å². The van der Waals surface area contributed by atoms with Gasteiger partial charge in [0.15, 0.2) is 0 Å². The van der Waals surface area contributed by atoms with Gasteiger partial charge in [0.05, 0.1) is 12.7 Å². The molecule has 0 saturated carbocycles. The summed E-state index contributed by atoms with van der Waals surface area (Å²) in [5.41, 5.74) is 5.63. The van der Waals surface area contributed by atoms with Gasteiger partial charge in [-0.05, 0) is 12.8 Å². The van der Waals surface area contributed by atoms with Gasteiger partial charge >= 0.3 is 0 Å². The van der Waals surface area contributed by atoms with Crippen LogP contribution in [0.15, 0.2) is 0 Å². The summed E-state index contributed by atoms with van der Waals surface area (Å²) in [6.07, 6.45) is 1.40. The van der Waals surface area contributed by atoms with Gasteiger partial charge in [-0.15, -0.1) is 0 Å². The Kier molecular flexibility index (Phi) is 4.11. The van der Waals surface area contributed by atoms with Crippen molar-refractivity contribution in [3.63, 3.8) is 0 Å². The predicted octanol–water partition coefficient (Wildman–Crippen LogP) is -1.18. The zero-order valence-corrected chi connectivity index (χ0v) is 10.1. The third-order valence-electron chi connectivity index (χ3n) is 2.74. The fourth-order valence-corrected chi connectivity index (χ4v) is 1.79. The Bertz CT molecular complexity index is 396. The lowest BCUT2D eigenvalue weighted by atomic mass is 10.4. The highest BCUT2D eigenvalue weighted by Gasteiger charge is 2.16. The minimum atomic E-state index is -0.849. The molecule has 18 heavy (non-hydrogen) atoms. The molecule has 2 rings (SSSR count). The molecule has 0 radical (unpaired) electrons. The van der Waals surface area contributed by atoms with E-state index in [0.717, 1.165) is 25.9 Å². The second kappa shape index (κ2) is 5.78. The van der Waals surface area contributed by atoms with Crippen LogP contribution >= 0.6 is 0 Å². The van der Waals surface area contributed by atoms with Crippen LogP contribution in [0.25, 0.3) is 0 Å². The molecule has 0 spiro atoms. The highest BCUT2D eigenvalue weighted by Crippen LogP contribution is 2.17. The number of rotatable bonds is 5. The largest absolute Gasteiger partial charge is 0.394 e. The molecule has 8 nitrogen and oxygen atoms in total. The Hall–Kier alpha value is -1.67. The molecular weight excluding hydrogens is 236 g/mol. The van der Waals surface area contributed by atoms with E-state index >= 15 is 0 Å². The maximum absolute atomic E-state index is 9.24. The van der Waals surface area contributed by atoms with Gasteiger partial charge in [0.25, 0.3) is 0 Å². The second-order valence-corrected chi connectivity index (χ2v) is 4.23. The van der Waals surface area contributed by atoms with E-state index in [4.69, 9.17) is 10.8 Å². The minimum Gasteiger partial charge on any atom is -0.394 e. The second-order valence-electron chi connectivity index (χ2n) is 4.23. The summed E-state index contributed by atoms with van der Waals surface area (Å²) in [7, 11) is 0. The van der Waals surface area contributed by atoms with Crippen LogP contribution in [0.4, 0.5) is 17.8 Å². The number of nitrogens with one attached hydrogen (secondary N) is 1. The third-order valence-corrected chi connectivity index (χ3v) is 2.74. The van der Waals surface area contributed by atoms with E-state index in [1.54, 1.807) is 0 Å². The lowest BCUT2D eigenvalue weighted by Gasteiger charge is -2.16. The average Bonchev–Trinajstić information content (AvgIpc) is 2.89. The fraction of sp³-hybridized carbons (Fsp3) is 0.700. The highest BCUT2D eigenvalue weighted by molar-refractivity contribution is 5.42. The lowest BCUT2D eigenvalue weighted by Crippen LogP contribution is -2.26. The number of aliphatic hydroxyl groups excluding tert-OH is 2. The van der Waals surface area contributed by atoms with Gasteiger partial charge in [0.1, 0.15) is 0 Å². The Morgan fingerprint density at radius 2 is 2.00 bits per heavy atom. The molecule has 8 heteroatoms. The maximum Gasteiger partial charge on any atom is 0.231 e. The van der Waals surface area contributed by atoms with E-state index < -0.39 is 6.10 Å². The summed E-state index contributed by atoms with van der Waals surface area (Å²) in [6.45, 7) is 1.69. The smallest absolute Gasteiger partial charge is 0.231 e. The number of aliphatic hydroxyl groups is 2. The van der Waals surface area contributed by atoms with Crippen LogP contribution in [-0.2, 0) is 0 Å². The SMILES string of the molecule is Nc1nc(NCC(O)CO)nc(N2CCCC2)n1. The van der Waals surface area contributed by atoms with Gasteiger partial charge in [0.2, 0.25) is 17.8 Å². The Balaban J connectivity index is 2.06. The number of hydrogen-bond acceptors (Lipinski definition) is 8. The molecule has 0 bridgehead atoms. The van der Waals surface area contributed by atoms with Crippen LogP contribution < -0.4 is 16.0 Å². The minimum absolute atomic E-state index is 0.146. The molecule has 1 aromatic rings. The summed E-state index contributed by atoms with van der Waals surface area (Å²) in [5, 5.41) is 20.8. The summed E-state index contributed by atoms with van der Waals surface area (Å²) in [5.74, 6) is 1.02. The molecule has 1 saturated heterocycles. The van der Waals surface area contributed by atoms with Crippen LogP contribution in [0.1, 0.15) is 12.8 Å². The zero-order chi connectivity index (χ0) is 13.0. The lowest BCUT2D eigenvalue weighted by molar-refractivity contribution is 0.105. The highest BCUT2D eigenvalue weighted by atomic mass is 16.3. The molecule has 1 aliphatic rings. The average molecular weight is 254 g/mol. The molecule has 0 aliphatic carbocycles. The zero-order valence-electron chi connectivity index (χ0n) is 10.1. The van der Waals surface area contributed by atoms with Gasteiger partial charge in [-0.3, -0.25) is 0 Å². The molecule has 5 N–H and O–H groups in total. The maximum atomic E-state index is 9.24. The normalized spacial score (nSPS) is 16.9. The van der Waals surface area contributed by atoms with E-state index in [0.29, 0.717) is 11.9 Å². The number of aromatic nitrogens is 3. The summed E-state index contributed by atoms with van der Waals surface area (Å²) in [6, 6.07) is 0. The van der Waals surface area contributed by atoms with Crippen LogP contribution in [0.2, 0.25) is 0 Å². The number of nitrogens with zero attached hydrogens (tertiary/aromatic N) is 4. The first-order valence-corrected chi connectivity index (χ1v) is 5.98. The molecule has 1 atom stereocenters. The van der Waals surface area contributed by atoms with E-state index in [1.165, 1.54) is 0 Å².